The van der Waals surface area contributed by atoms with Gasteiger partial charge in [0.2, 0.25) is 0 Å². The van der Waals surface area contributed by atoms with Gasteiger partial charge in [-0.05, 0) is 41.8 Å². The molecule has 142 valence electrons. The van der Waals surface area contributed by atoms with Crippen LogP contribution >= 0.6 is 0 Å². The average molecular weight is 380 g/mol. The number of amides is 1. The van der Waals surface area contributed by atoms with Crippen LogP contribution in [0.4, 0.5) is 17.6 Å². The number of hydrogen-bond donors (Lipinski definition) is 1. The molecule has 1 amide bonds. The van der Waals surface area contributed by atoms with E-state index in [-0.39, 0.29) is 16.3 Å². The normalized spacial score (nSPS) is 19.9. The predicted molar refractivity (Wildman–Crippen MR) is 90.5 cm³/mol. The van der Waals surface area contributed by atoms with Crippen LogP contribution in [0.15, 0.2) is 53.6 Å². The summed E-state index contributed by atoms with van der Waals surface area (Å²) in [6.07, 6.45) is -5.26. The molecular formula is C19H16F4N2O2. The maximum Gasteiger partial charge on any atom is 0.438 e. The molecule has 0 saturated carbocycles. The lowest BCUT2D eigenvalue weighted by atomic mass is 9.99. The van der Waals surface area contributed by atoms with Crippen molar-refractivity contribution in [3.63, 3.8) is 0 Å². The lowest BCUT2D eigenvalue weighted by Gasteiger charge is -2.32. The standard InChI is InChI=1S/C19H16F4N2O2/c1-2-12-3-5-13(6-4-12)16-11-18(27,19(21,22)23)25(24-16)17(26)14-7-9-15(20)10-8-14/h3-10,27H,2,11H2,1H3/t18-/m1/s1. The number of aliphatic hydroxyl groups is 1. The van der Waals surface area contributed by atoms with Crippen LogP contribution in [-0.4, -0.2) is 33.6 Å². The molecule has 0 radical (unpaired) electrons. The molecule has 0 unspecified atom stereocenters. The topological polar surface area (TPSA) is 52.9 Å². The number of hydrazone groups is 1. The Bertz CT molecular complexity index is 876. The Hall–Kier alpha value is -2.74. The summed E-state index contributed by atoms with van der Waals surface area (Å²) >= 11 is 0. The molecule has 0 saturated heterocycles. The van der Waals surface area contributed by atoms with E-state index in [0.29, 0.717) is 5.56 Å². The van der Waals surface area contributed by atoms with Crippen LogP contribution in [-0.2, 0) is 6.42 Å². The van der Waals surface area contributed by atoms with Crippen LogP contribution in [0.1, 0.15) is 34.8 Å². The summed E-state index contributed by atoms with van der Waals surface area (Å²) in [6, 6.07) is 10.7. The van der Waals surface area contributed by atoms with E-state index >= 15 is 0 Å². The highest BCUT2D eigenvalue weighted by Crippen LogP contribution is 2.42. The van der Waals surface area contributed by atoms with Crippen LogP contribution < -0.4 is 0 Å². The third kappa shape index (κ3) is 3.44. The Morgan fingerprint density at radius 3 is 2.26 bits per heavy atom. The molecule has 2 aromatic carbocycles. The smallest absolute Gasteiger partial charge is 0.362 e. The molecule has 0 bridgehead atoms. The van der Waals surface area contributed by atoms with Gasteiger partial charge in [0, 0.05) is 5.56 Å². The Labute approximate surface area is 152 Å². The maximum absolute atomic E-state index is 13.6. The number of halogens is 4. The van der Waals surface area contributed by atoms with E-state index in [1.165, 1.54) is 0 Å². The Morgan fingerprint density at radius 1 is 1.15 bits per heavy atom. The summed E-state index contributed by atoms with van der Waals surface area (Å²) in [5.41, 5.74) is -2.39. The molecule has 0 fully saturated rings. The Kier molecular flexibility index (Phi) is 4.77. The zero-order valence-corrected chi connectivity index (χ0v) is 14.3. The van der Waals surface area contributed by atoms with Crippen molar-refractivity contribution in [2.75, 3.05) is 0 Å². The summed E-state index contributed by atoms with van der Waals surface area (Å²) in [4.78, 5) is 12.5. The fourth-order valence-corrected chi connectivity index (χ4v) is 2.79. The van der Waals surface area contributed by atoms with Crippen molar-refractivity contribution < 1.29 is 27.5 Å². The summed E-state index contributed by atoms with van der Waals surface area (Å²) in [5.74, 6) is -1.81. The highest BCUT2D eigenvalue weighted by molar-refractivity contribution is 6.05. The minimum absolute atomic E-state index is 0.0311. The first kappa shape index (κ1) is 19.0. The van der Waals surface area contributed by atoms with Crippen LogP contribution in [0.5, 0.6) is 0 Å². The van der Waals surface area contributed by atoms with Gasteiger partial charge < -0.3 is 5.11 Å². The highest BCUT2D eigenvalue weighted by atomic mass is 19.4. The summed E-state index contributed by atoms with van der Waals surface area (Å²) in [7, 11) is 0. The molecule has 4 nitrogen and oxygen atoms in total. The fraction of sp³-hybridized carbons (Fsp3) is 0.263. The zero-order valence-electron chi connectivity index (χ0n) is 14.3. The molecule has 1 heterocycles. The molecule has 1 atom stereocenters. The second-order valence-corrected chi connectivity index (χ2v) is 6.21. The van der Waals surface area contributed by atoms with Crippen molar-refractivity contribution in [3.05, 3.63) is 71.0 Å². The first-order valence-corrected chi connectivity index (χ1v) is 8.21. The van der Waals surface area contributed by atoms with Gasteiger partial charge in [0.15, 0.2) is 0 Å². The number of rotatable bonds is 3. The molecule has 0 aliphatic carbocycles. The molecule has 0 spiro atoms. The van der Waals surface area contributed by atoms with E-state index in [9.17, 15) is 27.5 Å². The van der Waals surface area contributed by atoms with Crippen LogP contribution in [0.3, 0.4) is 0 Å². The van der Waals surface area contributed by atoms with E-state index < -0.39 is 30.0 Å². The largest absolute Gasteiger partial charge is 0.438 e. The minimum Gasteiger partial charge on any atom is -0.362 e. The molecular weight excluding hydrogens is 364 g/mol. The fourth-order valence-electron chi connectivity index (χ4n) is 2.79. The SMILES string of the molecule is CCc1ccc(C2=NN(C(=O)c3ccc(F)cc3)[C@](O)(C(F)(F)F)C2)cc1. The van der Waals surface area contributed by atoms with Crippen LogP contribution in [0.25, 0.3) is 0 Å². The van der Waals surface area contributed by atoms with Crippen molar-refractivity contribution in [3.8, 4) is 0 Å². The van der Waals surface area contributed by atoms with Gasteiger partial charge in [-0.25, -0.2) is 4.39 Å². The van der Waals surface area contributed by atoms with Crippen molar-refractivity contribution >= 4 is 11.6 Å². The van der Waals surface area contributed by atoms with Gasteiger partial charge in [-0.1, -0.05) is 31.2 Å². The molecule has 1 aliphatic heterocycles. The lowest BCUT2D eigenvalue weighted by molar-refractivity contribution is -0.297. The third-order valence-corrected chi connectivity index (χ3v) is 4.42. The first-order chi connectivity index (χ1) is 12.7. The van der Waals surface area contributed by atoms with Gasteiger partial charge >= 0.3 is 6.18 Å². The molecule has 8 heteroatoms. The zero-order chi connectivity index (χ0) is 19.8. The van der Waals surface area contributed by atoms with E-state index in [4.69, 9.17) is 0 Å². The molecule has 27 heavy (non-hydrogen) atoms. The molecule has 1 aliphatic rings. The van der Waals surface area contributed by atoms with Crippen molar-refractivity contribution in [1.29, 1.82) is 0 Å². The molecule has 3 rings (SSSR count). The number of alkyl halides is 3. The predicted octanol–water partition coefficient (Wildman–Crippen LogP) is 3.89. The van der Waals surface area contributed by atoms with Crippen molar-refractivity contribution in [2.24, 2.45) is 5.10 Å². The van der Waals surface area contributed by atoms with Crippen molar-refractivity contribution in [1.82, 2.24) is 5.01 Å². The number of aryl methyl sites for hydroxylation is 1. The van der Waals surface area contributed by atoms with Gasteiger partial charge in [0.1, 0.15) is 5.82 Å². The Balaban J connectivity index is 2.01. The van der Waals surface area contributed by atoms with Crippen LogP contribution in [0, 0.1) is 5.82 Å². The van der Waals surface area contributed by atoms with Gasteiger partial charge in [-0.3, -0.25) is 4.79 Å². The number of hydrogen-bond acceptors (Lipinski definition) is 3. The number of benzene rings is 2. The van der Waals surface area contributed by atoms with Gasteiger partial charge in [-0.15, -0.1) is 0 Å². The molecule has 2 aromatic rings. The second kappa shape index (κ2) is 6.77. The van der Waals surface area contributed by atoms with E-state index in [0.717, 1.165) is 36.2 Å². The molecule has 1 N–H and O–H groups in total. The monoisotopic (exact) mass is 380 g/mol. The van der Waals surface area contributed by atoms with E-state index in [1.54, 1.807) is 24.3 Å². The molecule has 0 aromatic heterocycles. The average Bonchev–Trinajstić information content (AvgIpc) is 3.01. The summed E-state index contributed by atoms with van der Waals surface area (Å²) in [6.45, 7) is 1.94. The number of nitrogens with zero attached hydrogens (tertiary/aromatic N) is 2. The third-order valence-electron chi connectivity index (χ3n) is 4.42. The lowest BCUT2D eigenvalue weighted by Crippen LogP contribution is -2.56. The first-order valence-electron chi connectivity index (χ1n) is 8.21. The minimum atomic E-state index is -5.13. The van der Waals surface area contributed by atoms with E-state index in [1.807, 2.05) is 6.92 Å². The quantitative estimate of drug-likeness (QED) is 0.822. The van der Waals surface area contributed by atoms with E-state index in [2.05, 4.69) is 5.10 Å². The van der Waals surface area contributed by atoms with Gasteiger partial charge in [-0.2, -0.15) is 23.3 Å². The number of carbonyl (C=O) groups is 1. The summed E-state index contributed by atoms with van der Waals surface area (Å²) in [5, 5.41) is 14.1. The second-order valence-electron chi connectivity index (χ2n) is 6.21. The van der Waals surface area contributed by atoms with Gasteiger partial charge in [0.25, 0.3) is 11.6 Å². The Morgan fingerprint density at radius 2 is 1.74 bits per heavy atom. The summed E-state index contributed by atoms with van der Waals surface area (Å²) < 4.78 is 53.7. The van der Waals surface area contributed by atoms with Gasteiger partial charge in [0.05, 0.1) is 12.1 Å². The number of carbonyl (C=O) groups excluding carboxylic acids is 1. The van der Waals surface area contributed by atoms with Crippen molar-refractivity contribution in [2.45, 2.75) is 31.7 Å². The highest BCUT2D eigenvalue weighted by Gasteiger charge is 2.63. The maximum atomic E-state index is 13.6. The van der Waals surface area contributed by atoms with Crippen LogP contribution in [0.2, 0.25) is 0 Å².